The van der Waals surface area contributed by atoms with E-state index >= 15 is 0 Å². The second kappa shape index (κ2) is 9.21. The van der Waals surface area contributed by atoms with Crippen molar-refractivity contribution in [3.8, 4) is 5.69 Å². The van der Waals surface area contributed by atoms with Crippen LogP contribution in [0.15, 0.2) is 50.9 Å². The molecule has 0 unspecified atom stereocenters. The van der Waals surface area contributed by atoms with Crippen molar-refractivity contribution in [1.82, 2.24) is 29.2 Å². The van der Waals surface area contributed by atoms with Crippen LogP contribution in [0.4, 0.5) is 0 Å². The predicted octanol–water partition coefficient (Wildman–Crippen LogP) is 0.590. The van der Waals surface area contributed by atoms with Crippen molar-refractivity contribution in [2.45, 2.75) is 39.2 Å². The Morgan fingerprint density at radius 2 is 1.84 bits per heavy atom. The van der Waals surface area contributed by atoms with Crippen LogP contribution in [-0.2, 0) is 17.8 Å². The van der Waals surface area contributed by atoms with Gasteiger partial charge in [-0.1, -0.05) is 18.2 Å². The summed E-state index contributed by atoms with van der Waals surface area (Å²) < 4.78 is 2.96. The molecule has 2 N–H and O–H groups in total. The van der Waals surface area contributed by atoms with E-state index in [1.165, 1.54) is 16.8 Å². The van der Waals surface area contributed by atoms with Crippen LogP contribution in [0.5, 0.6) is 0 Å². The summed E-state index contributed by atoms with van der Waals surface area (Å²) in [6, 6.07) is 8.97. The molecule has 32 heavy (non-hydrogen) atoms. The summed E-state index contributed by atoms with van der Waals surface area (Å²) in [7, 11) is 0. The highest BCUT2D eigenvalue weighted by atomic mass is 16.2. The molecule has 0 spiro atoms. The van der Waals surface area contributed by atoms with Gasteiger partial charge in [-0.2, -0.15) is 5.10 Å². The van der Waals surface area contributed by atoms with E-state index in [2.05, 4.69) is 15.2 Å². The van der Waals surface area contributed by atoms with Crippen molar-refractivity contribution in [3.63, 3.8) is 0 Å². The zero-order valence-corrected chi connectivity index (χ0v) is 17.9. The third-order valence-electron chi connectivity index (χ3n) is 6.00. The molecule has 0 saturated carbocycles. The van der Waals surface area contributed by atoms with Gasteiger partial charge in [-0.05, 0) is 37.3 Å². The number of nitrogens with zero attached hydrogens (tertiary/aromatic N) is 4. The number of hydrogen-bond acceptors (Lipinski definition) is 5. The fourth-order valence-corrected chi connectivity index (χ4v) is 4.17. The van der Waals surface area contributed by atoms with Crippen LogP contribution in [0.3, 0.4) is 0 Å². The van der Waals surface area contributed by atoms with Crippen molar-refractivity contribution < 1.29 is 4.79 Å². The zero-order chi connectivity index (χ0) is 22.7. The van der Waals surface area contributed by atoms with E-state index in [1.54, 1.807) is 4.57 Å². The summed E-state index contributed by atoms with van der Waals surface area (Å²) in [6.45, 7) is 3.44. The van der Waals surface area contributed by atoms with Crippen LogP contribution < -0.4 is 16.9 Å². The summed E-state index contributed by atoms with van der Waals surface area (Å²) >= 11 is 0. The highest BCUT2D eigenvalue weighted by molar-refractivity contribution is 5.76. The second-order valence-electron chi connectivity index (χ2n) is 8.15. The molecule has 1 saturated heterocycles. The van der Waals surface area contributed by atoms with Crippen molar-refractivity contribution >= 4 is 5.91 Å². The number of carbonyl (C=O) groups excluding carboxylic acids is 1. The summed E-state index contributed by atoms with van der Waals surface area (Å²) in [5, 5.41) is 6.81. The number of para-hydroxylation sites is 1. The van der Waals surface area contributed by atoms with Crippen LogP contribution in [0, 0.1) is 12.8 Å². The fraction of sp³-hybridized carbons (Fsp3) is 0.409. The first-order valence-corrected chi connectivity index (χ1v) is 10.7. The molecule has 1 fully saturated rings. The van der Waals surface area contributed by atoms with Gasteiger partial charge in [0.1, 0.15) is 5.82 Å². The predicted molar refractivity (Wildman–Crippen MR) is 118 cm³/mol. The number of rotatable bonds is 6. The van der Waals surface area contributed by atoms with Gasteiger partial charge in [0, 0.05) is 44.7 Å². The molecule has 3 aromatic rings. The number of aromatic nitrogens is 5. The molecule has 3 heterocycles. The number of carbonyl (C=O) groups is 1. The smallest absolute Gasteiger partial charge is 0.343 e. The summed E-state index contributed by atoms with van der Waals surface area (Å²) in [4.78, 5) is 51.8. The van der Waals surface area contributed by atoms with Gasteiger partial charge >= 0.3 is 11.4 Å². The maximum absolute atomic E-state index is 12.6. The van der Waals surface area contributed by atoms with E-state index in [9.17, 15) is 19.2 Å². The van der Waals surface area contributed by atoms with E-state index in [-0.39, 0.29) is 24.6 Å². The summed E-state index contributed by atoms with van der Waals surface area (Å²) in [5.74, 6) is 1.00. The number of likely N-dealkylation sites (tertiary alicyclic amines) is 1. The first kappa shape index (κ1) is 21.5. The molecular formula is C22H26N6O4. The highest BCUT2D eigenvalue weighted by Crippen LogP contribution is 2.22. The molecule has 0 radical (unpaired) electrons. The van der Waals surface area contributed by atoms with E-state index in [0.717, 1.165) is 24.1 Å². The second-order valence-corrected chi connectivity index (χ2v) is 8.15. The molecule has 2 aromatic heterocycles. The van der Waals surface area contributed by atoms with Crippen LogP contribution in [0.25, 0.3) is 5.69 Å². The lowest BCUT2D eigenvalue weighted by atomic mass is 9.93. The lowest BCUT2D eigenvalue weighted by Gasteiger charge is -2.32. The van der Waals surface area contributed by atoms with Crippen LogP contribution in [0.1, 0.15) is 30.7 Å². The van der Waals surface area contributed by atoms with Gasteiger partial charge < -0.3 is 9.47 Å². The molecule has 0 bridgehead atoms. The molecule has 1 amide bonds. The van der Waals surface area contributed by atoms with Crippen molar-refractivity contribution in [2.75, 3.05) is 13.1 Å². The molecule has 168 valence electrons. The molecule has 10 heteroatoms. The van der Waals surface area contributed by atoms with E-state index in [1.807, 2.05) is 36.1 Å². The third-order valence-corrected chi connectivity index (χ3v) is 6.00. The quantitative estimate of drug-likeness (QED) is 0.583. The normalized spacial score (nSPS) is 14.6. The molecule has 10 nitrogen and oxygen atoms in total. The fourth-order valence-electron chi connectivity index (χ4n) is 4.17. The summed E-state index contributed by atoms with van der Waals surface area (Å²) in [6.07, 6.45) is 3.89. The minimum absolute atomic E-state index is 0.0156. The Balaban J connectivity index is 1.34. The van der Waals surface area contributed by atoms with Crippen molar-refractivity contribution in [1.29, 1.82) is 0 Å². The van der Waals surface area contributed by atoms with Crippen molar-refractivity contribution in [2.24, 2.45) is 5.92 Å². The van der Waals surface area contributed by atoms with Gasteiger partial charge in [0.15, 0.2) is 0 Å². The van der Waals surface area contributed by atoms with Crippen molar-refractivity contribution in [3.05, 3.63) is 79.2 Å². The average molecular weight is 438 g/mol. The van der Waals surface area contributed by atoms with Crippen LogP contribution in [0.2, 0.25) is 0 Å². The average Bonchev–Trinajstić information content (AvgIpc) is 3.13. The monoisotopic (exact) mass is 438 g/mol. The Morgan fingerprint density at radius 1 is 1.09 bits per heavy atom. The Morgan fingerprint density at radius 3 is 2.56 bits per heavy atom. The van der Waals surface area contributed by atoms with Gasteiger partial charge in [-0.3, -0.25) is 14.6 Å². The number of aromatic amines is 2. The SMILES string of the molecule is Cc1ccccc1-n1c(CC2CCN(C(=O)CCn3ccc(=O)[nH]c3=O)CC2)n[nH]c1=O. The van der Waals surface area contributed by atoms with E-state index < -0.39 is 11.2 Å². The van der Waals surface area contributed by atoms with Gasteiger partial charge in [-0.25, -0.2) is 19.3 Å². The molecule has 4 rings (SSSR count). The maximum atomic E-state index is 12.6. The minimum atomic E-state index is -0.511. The Kier molecular flexibility index (Phi) is 6.20. The Labute approximate surface area is 183 Å². The number of hydrogen-bond donors (Lipinski definition) is 2. The molecule has 0 atom stereocenters. The first-order chi connectivity index (χ1) is 15.4. The summed E-state index contributed by atoms with van der Waals surface area (Å²) in [5.41, 5.74) is 0.608. The number of nitrogens with one attached hydrogen (secondary N) is 2. The molecule has 0 aliphatic carbocycles. The number of benzene rings is 1. The minimum Gasteiger partial charge on any atom is -0.343 e. The lowest BCUT2D eigenvalue weighted by Crippen LogP contribution is -2.40. The van der Waals surface area contributed by atoms with E-state index in [0.29, 0.717) is 31.3 Å². The van der Waals surface area contributed by atoms with Gasteiger partial charge in [-0.15, -0.1) is 0 Å². The topological polar surface area (TPSA) is 126 Å². The number of H-pyrrole nitrogens is 2. The number of amides is 1. The number of piperidine rings is 1. The third kappa shape index (κ3) is 4.63. The van der Waals surface area contributed by atoms with Crippen LogP contribution >= 0.6 is 0 Å². The van der Waals surface area contributed by atoms with E-state index in [4.69, 9.17) is 0 Å². The van der Waals surface area contributed by atoms with Gasteiger partial charge in [0.05, 0.1) is 5.69 Å². The molecule has 1 aromatic carbocycles. The molecule has 1 aliphatic rings. The first-order valence-electron chi connectivity index (χ1n) is 10.7. The Hall–Kier alpha value is -3.69. The van der Waals surface area contributed by atoms with Gasteiger partial charge in [0.2, 0.25) is 5.91 Å². The zero-order valence-electron chi connectivity index (χ0n) is 17.9. The van der Waals surface area contributed by atoms with Gasteiger partial charge in [0.25, 0.3) is 5.56 Å². The highest BCUT2D eigenvalue weighted by Gasteiger charge is 2.25. The molecule has 1 aliphatic heterocycles. The lowest BCUT2D eigenvalue weighted by molar-refractivity contribution is -0.132. The number of aryl methyl sites for hydroxylation is 2. The van der Waals surface area contributed by atoms with Crippen LogP contribution in [-0.4, -0.2) is 48.2 Å². The standard InChI is InChI=1S/C22H26N6O4/c1-15-4-2-3-5-17(15)28-18(24-25-22(28)32)14-16-6-10-26(11-7-16)20(30)9-13-27-12-8-19(29)23-21(27)31/h2-5,8,12,16H,6-7,9-11,13-14H2,1H3,(H,25,32)(H,23,29,31). The molecular weight excluding hydrogens is 412 g/mol. The maximum Gasteiger partial charge on any atom is 0.347 e. The largest absolute Gasteiger partial charge is 0.347 e. The Bertz CT molecular complexity index is 1280.